The van der Waals surface area contributed by atoms with E-state index in [1.165, 1.54) is 114 Å². The molecule has 33 heavy (non-hydrogen) atoms. The van der Waals surface area contributed by atoms with E-state index in [1.807, 2.05) is 30.3 Å². The van der Waals surface area contributed by atoms with Crippen molar-refractivity contribution in [1.82, 2.24) is 15.0 Å². The van der Waals surface area contributed by atoms with Crippen molar-refractivity contribution in [1.29, 1.82) is 0 Å². The van der Waals surface area contributed by atoms with Crippen molar-refractivity contribution < 1.29 is 4.79 Å². The Morgan fingerprint density at radius 1 is 0.697 bits per heavy atom. The van der Waals surface area contributed by atoms with Crippen LogP contribution in [0.1, 0.15) is 133 Å². The largest absolute Gasteiger partial charge is 0.273 e. The van der Waals surface area contributed by atoms with Crippen LogP contribution in [0.3, 0.4) is 0 Å². The molecule has 0 saturated carbocycles. The molecule has 0 bridgehead atoms. The lowest BCUT2D eigenvalue weighted by Crippen LogP contribution is -2.12. The molecule has 0 unspecified atom stereocenters. The molecule has 0 aliphatic heterocycles. The summed E-state index contributed by atoms with van der Waals surface area (Å²) in [5.74, 6) is 0.0583. The van der Waals surface area contributed by atoms with E-state index in [1.54, 1.807) is 0 Å². The van der Waals surface area contributed by atoms with Crippen LogP contribution < -0.4 is 0 Å². The molecule has 4 heteroatoms. The van der Waals surface area contributed by atoms with Gasteiger partial charge in [0.1, 0.15) is 5.52 Å². The van der Waals surface area contributed by atoms with Crippen LogP contribution >= 0.6 is 0 Å². The van der Waals surface area contributed by atoms with Gasteiger partial charge in [0.2, 0.25) is 5.91 Å². The second-order valence-electron chi connectivity index (χ2n) is 9.58. The fraction of sp³-hybridized carbons (Fsp3) is 0.690. The van der Waals surface area contributed by atoms with E-state index in [-0.39, 0.29) is 5.91 Å². The average Bonchev–Trinajstić information content (AvgIpc) is 3.27. The van der Waals surface area contributed by atoms with Gasteiger partial charge in [-0.1, -0.05) is 126 Å². The second kappa shape index (κ2) is 18.5. The summed E-state index contributed by atoms with van der Waals surface area (Å²) in [5, 5.41) is 8.08. The van der Waals surface area contributed by atoms with Crippen LogP contribution in [0.2, 0.25) is 0 Å². The summed E-state index contributed by atoms with van der Waals surface area (Å²) >= 11 is 0. The van der Waals surface area contributed by atoms with E-state index in [2.05, 4.69) is 16.9 Å². The molecule has 0 radical (unpaired) electrons. The number of carbonyl (C=O) groups is 1. The number of hydrogen-bond donors (Lipinski definition) is 0. The molecule has 1 heterocycles. The van der Waals surface area contributed by atoms with Crippen molar-refractivity contribution in [2.45, 2.75) is 128 Å². The number of benzene rings is 1. The van der Waals surface area contributed by atoms with Gasteiger partial charge in [0.15, 0.2) is 0 Å². The van der Waals surface area contributed by atoms with Gasteiger partial charge in [-0.3, -0.25) is 4.79 Å². The van der Waals surface area contributed by atoms with Crippen LogP contribution in [-0.4, -0.2) is 20.9 Å². The second-order valence-corrected chi connectivity index (χ2v) is 9.58. The number of carbonyl (C=O) groups excluding carboxylic acids is 1. The zero-order valence-corrected chi connectivity index (χ0v) is 21.0. The molecule has 0 amide bonds. The Labute approximate surface area is 202 Å². The number of aromatic nitrogens is 3. The molecule has 0 N–H and O–H groups in total. The Balaban J connectivity index is 1.30. The number of hydrogen-bond acceptors (Lipinski definition) is 3. The summed E-state index contributed by atoms with van der Waals surface area (Å²) in [7, 11) is 0. The number of nitrogens with zero attached hydrogens (tertiary/aromatic N) is 3. The van der Waals surface area contributed by atoms with Gasteiger partial charge >= 0.3 is 0 Å². The van der Waals surface area contributed by atoms with E-state index in [9.17, 15) is 4.79 Å². The Bertz CT molecular complexity index is 767. The lowest BCUT2D eigenvalue weighted by Gasteiger charge is -2.04. The smallest absolute Gasteiger partial charge is 0.248 e. The highest BCUT2D eigenvalue weighted by atomic mass is 16.2. The molecule has 0 atom stereocenters. The summed E-state index contributed by atoms with van der Waals surface area (Å²) in [5.41, 5.74) is 1.60. The van der Waals surface area contributed by atoms with Gasteiger partial charge in [0, 0.05) is 6.42 Å². The van der Waals surface area contributed by atoms with Crippen LogP contribution in [0.5, 0.6) is 0 Å². The topological polar surface area (TPSA) is 47.8 Å². The molecule has 1 aromatic carbocycles. The highest BCUT2D eigenvalue weighted by molar-refractivity contribution is 5.88. The summed E-state index contributed by atoms with van der Waals surface area (Å²) < 4.78 is 1.46. The molecule has 2 rings (SSSR count). The van der Waals surface area contributed by atoms with Crippen LogP contribution in [0.25, 0.3) is 11.0 Å². The van der Waals surface area contributed by atoms with Gasteiger partial charge in [-0.25, -0.2) is 0 Å². The minimum Gasteiger partial charge on any atom is -0.273 e. The standard InChI is InChI=1S/C29H47N3O/c1-2-3-4-5-6-7-8-9-10-11-12-13-14-15-16-17-18-19-20-21-26-29(33)32-28-25-23-22-24-27(28)30-31-32/h2,22-25H,1,3-21,26H2. The maximum absolute atomic E-state index is 12.4. The first kappa shape index (κ1) is 27.3. The molecular formula is C29H47N3O. The van der Waals surface area contributed by atoms with Crippen molar-refractivity contribution in [3.8, 4) is 0 Å². The first-order valence-corrected chi connectivity index (χ1v) is 13.8. The lowest BCUT2D eigenvalue weighted by molar-refractivity contribution is 0.0886. The number of allylic oxidation sites excluding steroid dienone is 1. The van der Waals surface area contributed by atoms with Crippen molar-refractivity contribution in [3.05, 3.63) is 36.9 Å². The molecule has 0 fully saturated rings. The lowest BCUT2D eigenvalue weighted by atomic mass is 10.0. The van der Waals surface area contributed by atoms with Crippen LogP contribution in [0, 0.1) is 0 Å². The van der Waals surface area contributed by atoms with Gasteiger partial charge < -0.3 is 0 Å². The van der Waals surface area contributed by atoms with E-state index in [4.69, 9.17) is 0 Å². The van der Waals surface area contributed by atoms with Crippen molar-refractivity contribution in [3.63, 3.8) is 0 Å². The van der Waals surface area contributed by atoms with Gasteiger partial charge in [-0.2, -0.15) is 4.68 Å². The zero-order valence-electron chi connectivity index (χ0n) is 21.0. The minimum absolute atomic E-state index is 0.0583. The van der Waals surface area contributed by atoms with E-state index >= 15 is 0 Å². The summed E-state index contributed by atoms with van der Waals surface area (Å²) in [6.07, 6.45) is 28.0. The zero-order chi connectivity index (χ0) is 23.4. The van der Waals surface area contributed by atoms with Crippen molar-refractivity contribution in [2.75, 3.05) is 0 Å². The molecular weight excluding hydrogens is 406 g/mol. The number of unbranched alkanes of at least 4 members (excludes halogenated alkanes) is 18. The number of fused-ring (bicyclic) bond motifs is 1. The highest BCUT2D eigenvalue weighted by Crippen LogP contribution is 2.16. The summed E-state index contributed by atoms with van der Waals surface area (Å²) in [6.45, 7) is 3.78. The SMILES string of the molecule is C=CCCCCCCCCCCCCCCCCCCCCC(=O)n1nnc2ccccc21. The van der Waals surface area contributed by atoms with Crippen molar-refractivity contribution in [2.24, 2.45) is 0 Å². The quantitative estimate of drug-likeness (QED) is 0.140. The van der Waals surface area contributed by atoms with Crippen LogP contribution in [0.4, 0.5) is 0 Å². The molecule has 1 aromatic heterocycles. The molecule has 0 aliphatic carbocycles. The Morgan fingerprint density at radius 2 is 1.15 bits per heavy atom. The van der Waals surface area contributed by atoms with Crippen LogP contribution in [-0.2, 0) is 0 Å². The van der Waals surface area contributed by atoms with Gasteiger partial charge in [-0.05, 0) is 31.4 Å². The number of rotatable bonds is 21. The Kier molecular flexibility index (Phi) is 15.3. The first-order chi connectivity index (χ1) is 16.3. The average molecular weight is 454 g/mol. The maximum Gasteiger partial charge on any atom is 0.248 e. The third-order valence-corrected chi connectivity index (χ3v) is 6.64. The van der Waals surface area contributed by atoms with E-state index in [0.29, 0.717) is 6.42 Å². The normalized spacial score (nSPS) is 11.3. The van der Waals surface area contributed by atoms with Crippen molar-refractivity contribution >= 4 is 16.9 Å². The van der Waals surface area contributed by atoms with Gasteiger partial charge in [0.25, 0.3) is 0 Å². The first-order valence-electron chi connectivity index (χ1n) is 13.8. The number of para-hydroxylation sites is 1. The maximum atomic E-state index is 12.4. The third kappa shape index (κ3) is 12.2. The molecule has 4 nitrogen and oxygen atoms in total. The third-order valence-electron chi connectivity index (χ3n) is 6.64. The van der Waals surface area contributed by atoms with Gasteiger partial charge in [0.05, 0.1) is 5.52 Å². The van der Waals surface area contributed by atoms with Crippen LogP contribution in [0.15, 0.2) is 36.9 Å². The minimum atomic E-state index is 0.0583. The summed E-state index contributed by atoms with van der Waals surface area (Å²) in [4.78, 5) is 12.4. The monoisotopic (exact) mass is 453 g/mol. The highest BCUT2D eigenvalue weighted by Gasteiger charge is 2.10. The molecule has 0 spiro atoms. The fourth-order valence-corrected chi connectivity index (χ4v) is 4.55. The fourth-order valence-electron chi connectivity index (χ4n) is 4.55. The predicted octanol–water partition coefficient (Wildman–Crippen LogP) is 9.06. The molecule has 184 valence electrons. The predicted molar refractivity (Wildman–Crippen MR) is 141 cm³/mol. The van der Waals surface area contributed by atoms with Gasteiger partial charge in [-0.15, -0.1) is 11.7 Å². The Hall–Kier alpha value is -1.97. The van der Waals surface area contributed by atoms with E-state index in [0.717, 1.165) is 23.9 Å². The molecule has 0 saturated heterocycles. The molecule has 2 aromatic rings. The Morgan fingerprint density at radius 3 is 1.67 bits per heavy atom. The van der Waals surface area contributed by atoms with E-state index < -0.39 is 0 Å². The molecule has 0 aliphatic rings. The summed E-state index contributed by atoms with van der Waals surface area (Å²) in [6, 6.07) is 7.64.